The summed E-state index contributed by atoms with van der Waals surface area (Å²) in [6, 6.07) is -0.223. The number of hydrogen-bond acceptors (Lipinski definition) is 2. The summed E-state index contributed by atoms with van der Waals surface area (Å²) in [5.41, 5.74) is 0. The predicted octanol–water partition coefficient (Wildman–Crippen LogP) is 0.947. The molecule has 1 aliphatic carbocycles. The number of rotatable bonds is 1. The Bertz CT molecular complexity index is 112. The van der Waals surface area contributed by atoms with Crippen molar-refractivity contribution in [3.8, 4) is 0 Å². The molecule has 1 aliphatic rings. The van der Waals surface area contributed by atoms with Crippen LogP contribution in [0.4, 0.5) is 0 Å². The van der Waals surface area contributed by atoms with Gasteiger partial charge >= 0.3 is 29.6 Å². The van der Waals surface area contributed by atoms with E-state index in [0.29, 0.717) is 0 Å². The average molecular weight is 153 g/mol. The first-order valence-electron chi connectivity index (χ1n) is 3.44. The molecule has 0 aliphatic heterocycles. The van der Waals surface area contributed by atoms with Gasteiger partial charge in [-0.25, -0.2) is 0 Å². The molecule has 0 heterocycles. The maximum absolute atomic E-state index is 10.2. The second-order valence-corrected chi connectivity index (χ2v) is 2.58. The molecule has 0 amide bonds. The van der Waals surface area contributed by atoms with Crippen molar-refractivity contribution in [2.24, 2.45) is 0 Å². The summed E-state index contributed by atoms with van der Waals surface area (Å²) in [4.78, 5) is 10.0. The summed E-state index contributed by atoms with van der Waals surface area (Å²) in [5, 5.41) is 10.2. The number of hydrogen-bond donors (Lipinski definition) is 0. The van der Waals surface area contributed by atoms with E-state index < -0.39 is 0 Å². The summed E-state index contributed by atoms with van der Waals surface area (Å²) >= 11 is 0. The fraction of sp³-hybridized carbons (Fsp3) is 1.00. The van der Waals surface area contributed by atoms with E-state index >= 15 is 0 Å². The molecule has 0 saturated heterocycles. The van der Waals surface area contributed by atoms with Crippen LogP contribution in [0.2, 0.25) is 0 Å². The van der Waals surface area contributed by atoms with Gasteiger partial charge in [-0.3, -0.25) is 10.1 Å². The molecule has 0 radical (unpaired) electrons. The Hall–Kier alpha value is 0.400. The van der Waals surface area contributed by atoms with E-state index in [1.807, 2.05) is 0 Å². The first-order valence-corrected chi connectivity index (χ1v) is 3.44. The normalized spacial score (nSPS) is 19.6. The predicted molar refractivity (Wildman–Crippen MR) is 41.0 cm³/mol. The molecule has 0 aromatic carbocycles. The van der Waals surface area contributed by atoms with Gasteiger partial charge in [-0.1, -0.05) is 6.42 Å². The monoisotopic (exact) mass is 153 g/mol. The van der Waals surface area contributed by atoms with Gasteiger partial charge in [-0.2, -0.15) is 0 Å². The van der Waals surface area contributed by atoms with Crippen molar-refractivity contribution in [3.05, 3.63) is 10.1 Å². The molecule has 0 aromatic heterocycles. The third-order valence-electron chi connectivity index (χ3n) is 1.87. The van der Waals surface area contributed by atoms with Crippen LogP contribution in [0.5, 0.6) is 0 Å². The van der Waals surface area contributed by atoms with Gasteiger partial charge in [0.25, 0.3) is 0 Å². The van der Waals surface area contributed by atoms with Crippen molar-refractivity contribution in [3.63, 3.8) is 0 Å². The van der Waals surface area contributed by atoms with Crippen LogP contribution in [0.3, 0.4) is 0 Å². The minimum absolute atomic E-state index is 0. The molecular weight excluding hydrogens is 141 g/mol. The SMILES string of the molecule is O=[N+]([O-])C1CCCCC1.[NaH]. The Morgan fingerprint density at radius 2 is 1.70 bits per heavy atom. The molecule has 1 rings (SSSR count). The van der Waals surface area contributed by atoms with Gasteiger partial charge < -0.3 is 0 Å². The Morgan fingerprint density at radius 3 is 2.00 bits per heavy atom. The molecule has 0 N–H and O–H groups in total. The topological polar surface area (TPSA) is 43.1 Å². The fourth-order valence-corrected chi connectivity index (χ4v) is 1.29. The molecule has 1 fully saturated rings. The maximum atomic E-state index is 10.2. The molecule has 0 bridgehead atoms. The van der Waals surface area contributed by atoms with E-state index in [4.69, 9.17) is 0 Å². The van der Waals surface area contributed by atoms with Crippen molar-refractivity contribution >= 4 is 29.6 Å². The van der Waals surface area contributed by atoms with Crippen molar-refractivity contribution in [1.29, 1.82) is 0 Å². The number of nitro groups is 1. The van der Waals surface area contributed by atoms with Crippen LogP contribution < -0.4 is 0 Å². The fourth-order valence-electron chi connectivity index (χ4n) is 1.29. The summed E-state index contributed by atoms with van der Waals surface area (Å²) < 4.78 is 0. The molecular formula is C6H12NNaO2. The molecule has 0 aromatic rings. The quantitative estimate of drug-likeness (QED) is 0.320. The first kappa shape index (κ1) is 10.4. The summed E-state index contributed by atoms with van der Waals surface area (Å²) in [5.74, 6) is 0. The van der Waals surface area contributed by atoms with E-state index in [1.165, 1.54) is 6.42 Å². The molecule has 3 nitrogen and oxygen atoms in total. The van der Waals surface area contributed by atoms with Crippen molar-refractivity contribution in [1.82, 2.24) is 0 Å². The van der Waals surface area contributed by atoms with Crippen LogP contribution in [0.25, 0.3) is 0 Å². The summed E-state index contributed by atoms with van der Waals surface area (Å²) in [6.45, 7) is 0. The summed E-state index contributed by atoms with van der Waals surface area (Å²) in [7, 11) is 0. The van der Waals surface area contributed by atoms with Gasteiger partial charge in [0.2, 0.25) is 6.04 Å². The zero-order valence-corrected chi connectivity index (χ0v) is 5.38. The van der Waals surface area contributed by atoms with E-state index in [-0.39, 0.29) is 40.5 Å². The van der Waals surface area contributed by atoms with Crippen molar-refractivity contribution in [2.45, 2.75) is 38.1 Å². The average Bonchev–Trinajstić information content (AvgIpc) is 1.90. The van der Waals surface area contributed by atoms with Crippen molar-refractivity contribution in [2.75, 3.05) is 0 Å². The van der Waals surface area contributed by atoms with Crippen LogP contribution in [-0.4, -0.2) is 40.5 Å². The van der Waals surface area contributed by atoms with E-state index in [0.717, 1.165) is 25.7 Å². The Kier molecular flexibility index (Phi) is 5.31. The van der Waals surface area contributed by atoms with Gasteiger partial charge in [0.15, 0.2) is 0 Å². The Labute approximate surface area is 82.6 Å². The van der Waals surface area contributed by atoms with Crippen LogP contribution in [0.1, 0.15) is 32.1 Å². The van der Waals surface area contributed by atoms with Crippen molar-refractivity contribution < 1.29 is 4.92 Å². The first-order chi connectivity index (χ1) is 4.30. The van der Waals surface area contributed by atoms with Gasteiger partial charge in [0.05, 0.1) is 0 Å². The van der Waals surface area contributed by atoms with Crippen LogP contribution in [-0.2, 0) is 0 Å². The molecule has 10 heavy (non-hydrogen) atoms. The van der Waals surface area contributed by atoms with Gasteiger partial charge in [-0.15, -0.1) is 0 Å². The zero-order valence-electron chi connectivity index (χ0n) is 5.38. The van der Waals surface area contributed by atoms with E-state index in [2.05, 4.69) is 0 Å². The number of nitrogens with zero attached hydrogens (tertiary/aromatic N) is 1. The standard InChI is InChI=1S/C6H11NO2.Na.H/c8-7(9)6-4-2-1-3-5-6;;/h6H,1-5H2;;. The molecule has 1 saturated carbocycles. The van der Waals surface area contributed by atoms with E-state index in [1.54, 1.807) is 0 Å². The zero-order chi connectivity index (χ0) is 6.69. The van der Waals surface area contributed by atoms with Crippen LogP contribution in [0, 0.1) is 10.1 Å². The van der Waals surface area contributed by atoms with Gasteiger partial charge in [0.1, 0.15) is 0 Å². The molecule has 0 atom stereocenters. The second kappa shape index (κ2) is 5.10. The molecule has 4 heteroatoms. The minimum atomic E-state index is -0.223. The van der Waals surface area contributed by atoms with E-state index in [9.17, 15) is 10.1 Å². The van der Waals surface area contributed by atoms with Gasteiger partial charge in [-0.05, 0) is 12.8 Å². The molecule has 0 spiro atoms. The second-order valence-electron chi connectivity index (χ2n) is 2.58. The molecule has 54 valence electrons. The van der Waals surface area contributed by atoms with Crippen LogP contribution in [0.15, 0.2) is 0 Å². The third kappa shape index (κ3) is 2.99. The summed E-state index contributed by atoms with van der Waals surface area (Å²) in [6.07, 6.45) is 4.88. The third-order valence-corrected chi connectivity index (χ3v) is 1.87. The Morgan fingerprint density at radius 1 is 1.20 bits per heavy atom. The Balaban J connectivity index is 0.000000810. The van der Waals surface area contributed by atoms with Crippen LogP contribution >= 0.6 is 0 Å². The van der Waals surface area contributed by atoms with Gasteiger partial charge in [0, 0.05) is 17.8 Å². The molecule has 0 unspecified atom stereocenters.